The van der Waals surface area contributed by atoms with Crippen LogP contribution in [0.5, 0.6) is 0 Å². The van der Waals surface area contributed by atoms with E-state index in [-0.39, 0.29) is 23.7 Å². The van der Waals surface area contributed by atoms with Gasteiger partial charge in [-0.3, -0.25) is 0 Å². The molecule has 1 saturated heterocycles. The molecule has 2 bridgehead atoms. The minimum atomic E-state index is -1.37. The zero-order valence-electron chi connectivity index (χ0n) is 16.1. The highest BCUT2D eigenvalue weighted by Crippen LogP contribution is 2.47. The molecule has 148 valence electrons. The Morgan fingerprint density at radius 3 is 2.78 bits per heavy atom. The molecule has 0 aliphatic carbocycles. The zero-order valence-corrected chi connectivity index (χ0v) is 16.1. The molecule has 0 amide bonds. The Balaban J connectivity index is 2.11. The second-order valence-corrected chi connectivity index (χ2v) is 7.71. The summed E-state index contributed by atoms with van der Waals surface area (Å²) in [7, 11) is 0. The number of allylic oxidation sites excluding steroid dienone is 1. The second-order valence-electron chi connectivity index (χ2n) is 7.71. The predicted octanol–water partition coefficient (Wildman–Crippen LogP) is 1.89. The first kappa shape index (κ1) is 19.8. The van der Waals surface area contributed by atoms with E-state index in [2.05, 4.69) is 0 Å². The summed E-state index contributed by atoms with van der Waals surface area (Å²) < 4.78 is 17.0. The van der Waals surface area contributed by atoms with Crippen LogP contribution < -0.4 is 0 Å². The molecule has 1 fully saturated rings. The molecule has 0 radical (unpaired) electrons. The number of carbonyl (C=O) groups excluding carboxylic acids is 2. The van der Waals surface area contributed by atoms with Crippen molar-refractivity contribution in [1.82, 2.24) is 0 Å². The Bertz CT molecular complexity index is 762. The standard InChI is InChI=1S/C20H26O7/c1-5-11(2)17(22)25-14-8-12(3)20(24)7-6-19(4,27-20)9-15-16(14)13(10-21)18(23)26-15/h5,9,12,14,21,24H,6-8,10H2,1-4H3/t12-,14+,19-,20+/m1/s1. The first-order valence-electron chi connectivity index (χ1n) is 9.18. The monoisotopic (exact) mass is 378 g/mol. The fourth-order valence-corrected chi connectivity index (χ4v) is 3.81. The molecular formula is C20H26O7. The lowest BCUT2D eigenvalue weighted by molar-refractivity contribution is -0.238. The lowest BCUT2D eigenvalue weighted by Crippen LogP contribution is -2.40. The van der Waals surface area contributed by atoms with E-state index < -0.39 is 36.0 Å². The van der Waals surface area contributed by atoms with E-state index in [4.69, 9.17) is 14.2 Å². The first-order valence-corrected chi connectivity index (χ1v) is 9.18. The van der Waals surface area contributed by atoms with Crippen LogP contribution in [-0.4, -0.2) is 46.3 Å². The van der Waals surface area contributed by atoms with E-state index in [1.807, 2.05) is 13.8 Å². The van der Waals surface area contributed by atoms with Gasteiger partial charge in [-0.25, -0.2) is 9.59 Å². The minimum Gasteiger partial charge on any atom is -0.454 e. The maximum atomic E-state index is 12.4. The summed E-state index contributed by atoms with van der Waals surface area (Å²) in [4.78, 5) is 24.6. The van der Waals surface area contributed by atoms with Crippen LogP contribution in [0.1, 0.15) is 47.0 Å². The number of aliphatic hydroxyl groups is 2. The molecule has 3 rings (SSSR count). The Morgan fingerprint density at radius 1 is 1.44 bits per heavy atom. The molecule has 3 aliphatic heterocycles. The van der Waals surface area contributed by atoms with Crippen LogP contribution in [0.15, 0.2) is 34.6 Å². The highest BCUT2D eigenvalue weighted by atomic mass is 16.6. The summed E-state index contributed by atoms with van der Waals surface area (Å²) in [6.07, 6.45) is 3.62. The van der Waals surface area contributed by atoms with Crippen molar-refractivity contribution in [3.05, 3.63) is 34.6 Å². The largest absolute Gasteiger partial charge is 0.454 e. The van der Waals surface area contributed by atoms with Gasteiger partial charge in [0.25, 0.3) is 0 Å². The minimum absolute atomic E-state index is 0.0674. The van der Waals surface area contributed by atoms with Gasteiger partial charge in [0.15, 0.2) is 5.79 Å². The van der Waals surface area contributed by atoms with Crippen LogP contribution in [0.25, 0.3) is 0 Å². The fraction of sp³-hybridized carbons (Fsp3) is 0.600. The van der Waals surface area contributed by atoms with Crippen LogP contribution in [-0.2, 0) is 23.8 Å². The SMILES string of the molecule is CC=C(C)C(=O)O[C@H]1C[C@@H](C)[C@]2(O)CC[C@](C)(C=C3OC(=O)C(CO)=C31)O2. The third-order valence-corrected chi connectivity index (χ3v) is 5.69. The highest BCUT2D eigenvalue weighted by Gasteiger charge is 2.52. The molecule has 27 heavy (non-hydrogen) atoms. The van der Waals surface area contributed by atoms with Gasteiger partial charge in [0.2, 0.25) is 0 Å². The van der Waals surface area contributed by atoms with E-state index in [9.17, 15) is 19.8 Å². The van der Waals surface area contributed by atoms with Crippen LogP contribution in [0.3, 0.4) is 0 Å². The number of fused-ring (bicyclic) bond motifs is 3. The van der Waals surface area contributed by atoms with Crippen molar-refractivity contribution in [2.24, 2.45) is 5.92 Å². The molecule has 2 N–H and O–H groups in total. The van der Waals surface area contributed by atoms with Crippen molar-refractivity contribution in [2.75, 3.05) is 6.61 Å². The molecule has 0 aromatic carbocycles. The third kappa shape index (κ3) is 3.47. The normalized spacial score (nSPS) is 36.4. The fourth-order valence-electron chi connectivity index (χ4n) is 3.81. The maximum absolute atomic E-state index is 12.4. The van der Waals surface area contributed by atoms with Gasteiger partial charge in [0.1, 0.15) is 11.9 Å². The Kier molecular flexibility index (Phi) is 5.05. The number of ether oxygens (including phenoxy) is 3. The number of hydrogen-bond donors (Lipinski definition) is 2. The summed E-state index contributed by atoms with van der Waals surface area (Å²) >= 11 is 0. The van der Waals surface area contributed by atoms with Crippen molar-refractivity contribution in [2.45, 2.75) is 64.4 Å². The molecule has 7 nitrogen and oxygen atoms in total. The molecule has 7 heteroatoms. The summed E-state index contributed by atoms with van der Waals surface area (Å²) in [6, 6.07) is 0. The topological polar surface area (TPSA) is 102 Å². The van der Waals surface area contributed by atoms with E-state index in [0.717, 1.165) is 0 Å². The Morgan fingerprint density at radius 2 is 2.15 bits per heavy atom. The van der Waals surface area contributed by atoms with Crippen molar-refractivity contribution in [1.29, 1.82) is 0 Å². The summed E-state index contributed by atoms with van der Waals surface area (Å²) in [5.74, 6) is -2.71. The number of hydrogen-bond acceptors (Lipinski definition) is 7. The van der Waals surface area contributed by atoms with Crippen molar-refractivity contribution in [3.63, 3.8) is 0 Å². The van der Waals surface area contributed by atoms with Gasteiger partial charge < -0.3 is 24.4 Å². The Hall–Kier alpha value is -1.96. The van der Waals surface area contributed by atoms with E-state index >= 15 is 0 Å². The van der Waals surface area contributed by atoms with E-state index in [1.165, 1.54) is 0 Å². The van der Waals surface area contributed by atoms with Gasteiger partial charge in [-0.2, -0.15) is 0 Å². The van der Waals surface area contributed by atoms with Crippen LogP contribution in [0, 0.1) is 5.92 Å². The smallest absolute Gasteiger partial charge is 0.342 e. The number of carbonyl (C=O) groups is 2. The highest BCUT2D eigenvalue weighted by molar-refractivity contribution is 5.95. The quantitative estimate of drug-likeness (QED) is 0.571. The Labute approximate surface area is 158 Å². The van der Waals surface area contributed by atoms with Crippen molar-refractivity contribution in [3.8, 4) is 0 Å². The van der Waals surface area contributed by atoms with Gasteiger partial charge in [-0.15, -0.1) is 0 Å². The summed E-state index contributed by atoms with van der Waals surface area (Å²) in [5, 5.41) is 20.7. The molecule has 3 aliphatic rings. The molecule has 0 unspecified atom stereocenters. The lowest BCUT2D eigenvalue weighted by atomic mass is 9.86. The van der Waals surface area contributed by atoms with Gasteiger partial charge in [-0.05, 0) is 39.7 Å². The molecule has 0 saturated carbocycles. The van der Waals surface area contributed by atoms with Crippen LogP contribution >= 0.6 is 0 Å². The van der Waals surface area contributed by atoms with Gasteiger partial charge in [0, 0.05) is 23.5 Å². The van der Waals surface area contributed by atoms with E-state index in [1.54, 1.807) is 26.0 Å². The van der Waals surface area contributed by atoms with Crippen LogP contribution in [0.4, 0.5) is 0 Å². The van der Waals surface area contributed by atoms with Gasteiger partial charge in [-0.1, -0.05) is 13.0 Å². The molecule has 4 atom stereocenters. The zero-order chi connectivity index (χ0) is 20.0. The van der Waals surface area contributed by atoms with Gasteiger partial charge in [0.05, 0.1) is 17.8 Å². The molecule has 0 aromatic heterocycles. The number of aliphatic hydroxyl groups excluding tert-OH is 1. The number of rotatable bonds is 3. The van der Waals surface area contributed by atoms with Crippen molar-refractivity contribution < 1.29 is 34.0 Å². The molecular weight excluding hydrogens is 352 g/mol. The third-order valence-electron chi connectivity index (χ3n) is 5.69. The first-order chi connectivity index (χ1) is 12.6. The molecule has 0 aromatic rings. The van der Waals surface area contributed by atoms with Crippen LogP contribution in [0.2, 0.25) is 0 Å². The summed E-state index contributed by atoms with van der Waals surface area (Å²) in [5.41, 5.74) is 0.0191. The second kappa shape index (κ2) is 6.89. The van der Waals surface area contributed by atoms with Crippen molar-refractivity contribution >= 4 is 11.9 Å². The van der Waals surface area contributed by atoms with Gasteiger partial charge >= 0.3 is 11.9 Å². The maximum Gasteiger partial charge on any atom is 0.342 e. The average Bonchev–Trinajstić information content (AvgIpc) is 3.09. The van der Waals surface area contributed by atoms with E-state index in [0.29, 0.717) is 24.0 Å². The predicted molar refractivity (Wildman–Crippen MR) is 95.1 cm³/mol. The molecule has 0 spiro atoms. The average molecular weight is 378 g/mol. The summed E-state index contributed by atoms with van der Waals surface area (Å²) in [6.45, 7) is 6.46. The number of esters is 2. The lowest BCUT2D eigenvalue weighted by Gasteiger charge is -2.33. The molecule has 3 heterocycles.